The van der Waals surface area contributed by atoms with Crippen molar-refractivity contribution in [3.8, 4) is 34.1 Å². The maximum Gasteiger partial charge on any atom is 0.243 e. The lowest BCUT2D eigenvalue weighted by molar-refractivity contribution is -0.686. The van der Waals surface area contributed by atoms with Crippen LogP contribution in [0.15, 0.2) is 103 Å². The van der Waals surface area contributed by atoms with Crippen molar-refractivity contribution in [3.05, 3.63) is 132 Å². The van der Waals surface area contributed by atoms with E-state index in [4.69, 9.17) is 13.8 Å². The van der Waals surface area contributed by atoms with Gasteiger partial charge in [0.1, 0.15) is 17.3 Å². The van der Waals surface area contributed by atoms with E-state index < -0.39 is 6.98 Å². The largest absolute Gasteiger partial charge is 0.458 e. The maximum absolute atomic E-state index is 8.53. The Morgan fingerprint density at radius 1 is 0.704 bits per heavy atom. The lowest BCUT2D eigenvalue weighted by atomic mass is 9.67. The number of pyridine rings is 1. The topological polar surface area (TPSA) is 35.9 Å². The van der Waals surface area contributed by atoms with Crippen LogP contribution < -0.4 is 9.30 Å². The zero-order valence-corrected chi connectivity index (χ0v) is 33.4. The van der Waals surface area contributed by atoms with Gasteiger partial charge < -0.3 is 13.9 Å². The van der Waals surface area contributed by atoms with Gasteiger partial charge in [0.05, 0.1) is 27.8 Å². The standard InChI is InChI=1S/C49H54N4O/c1-46(2,3)34-21-24-50-43(28-34)53-41-20-17-33(32-15-13-12-14-16-32)25-40(41)39-19-18-37(30-42(39)53)54-38-27-35(47(4,5)6)26-36(29-38)52-31-51(11)44-45(52)49(9,10)23-22-48(44,7)8/h12-21,24-30H,22-23H2,1-11H3/i11D3. The Morgan fingerprint density at radius 3 is 2.17 bits per heavy atom. The number of nitrogens with zero attached hydrogens (tertiary/aromatic N) is 4. The Balaban J connectivity index is 1.31. The first kappa shape index (κ1) is 32.3. The van der Waals surface area contributed by atoms with E-state index in [0.717, 1.165) is 68.7 Å². The van der Waals surface area contributed by atoms with Crippen LogP contribution in [0.25, 0.3) is 44.4 Å². The number of benzene rings is 4. The molecule has 1 aliphatic carbocycles. The summed E-state index contributed by atoms with van der Waals surface area (Å²) in [7, 11) is 0. The molecule has 0 saturated carbocycles. The number of rotatable bonds is 5. The third-order valence-corrected chi connectivity index (χ3v) is 11.5. The molecule has 0 radical (unpaired) electrons. The number of hydrogen-bond donors (Lipinski definition) is 0. The molecular formula is C49H54N4O. The van der Waals surface area contributed by atoms with E-state index in [1.54, 1.807) is 0 Å². The van der Waals surface area contributed by atoms with Gasteiger partial charge in [-0.2, -0.15) is 0 Å². The Bertz CT molecular complexity index is 2670. The van der Waals surface area contributed by atoms with E-state index in [2.05, 4.69) is 159 Å². The highest BCUT2D eigenvalue weighted by molar-refractivity contribution is 6.10. The van der Waals surface area contributed by atoms with Crippen molar-refractivity contribution in [3.63, 3.8) is 0 Å². The highest BCUT2D eigenvalue weighted by Gasteiger charge is 2.41. The number of imidazole rings is 1. The van der Waals surface area contributed by atoms with Crippen molar-refractivity contribution in [2.24, 2.45) is 6.98 Å². The second-order valence-corrected chi connectivity index (χ2v) is 18.6. The van der Waals surface area contributed by atoms with E-state index in [0.29, 0.717) is 11.5 Å². The fourth-order valence-electron chi connectivity index (χ4n) is 8.18. The summed E-state index contributed by atoms with van der Waals surface area (Å²) < 4.78 is 38.1. The predicted octanol–water partition coefficient (Wildman–Crippen LogP) is 12.0. The Labute approximate surface area is 325 Å². The van der Waals surface area contributed by atoms with Gasteiger partial charge in [-0.3, -0.25) is 4.57 Å². The Hall–Kier alpha value is -5.16. The van der Waals surface area contributed by atoms with Crippen LogP contribution in [0, 0.1) is 6.33 Å². The van der Waals surface area contributed by atoms with Gasteiger partial charge in [0, 0.05) is 34.4 Å². The molecule has 8 rings (SSSR count). The highest BCUT2D eigenvalue weighted by Crippen LogP contribution is 2.46. The van der Waals surface area contributed by atoms with Crippen LogP contribution in [0.5, 0.6) is 11.5 Å². The molecule has 0 unspecified atom stereocenters. The normalized spacial score (nSPS) is 16.5. The number of aromatic nitrogens is 4. The smallest absolute Gasteiger partial charge is 0.243 e. The van der Waals surface area contributed by atoms with Gasteiger partial charge >= 0.3 is 0 Å². The second kappa shape index (κ2) is 12.4. The molecule has 3 aromatic heterocycles. The molecule has 0 bridgehead atoms. The maximum atomic E-state index is 8.53. The fourth-order valence-corrected chi connectivity index (χ4v) is 8.18. The molecule has 276 valence electrons. The van der Waals surface area contributed by atoms with E-state index in [1.807, 2.05) is 29.0 Å². The summed E-state index contributed by atoms with van der Waals surface area (Å²) in [6.07, 6.45) is 7.06. The first-order chi connectivity index (χ1) is 26.6. The number of hydrogen-bond acceptors (Lipinski definition) is 2. The van der Waals surface area contributed by atoms with Crippen LogP contribution in [0.3, 0.4) is 0 Å². The molecule has 0 aliphatic heterocycles. The Morgan fingerprint density at radius 2 is 1.44 bits per heavy atom. The SMILES string of the molecule is [2H]C([2H])([2H])[n+]1[c-]n(-c2cc(Oc3ccc4c5cc(-c6ccccc6)ccc5n(-c5cc(C(C)(C)C)ccn5)c4c3)cc(C(C)(C)C)c2)c2c1C(C)(C)CCC2(C)C. The average Bonchev–Trinajstić information content (AvgIpc) is 3.72. The van der Waals surface area contributed by atoms with Gasteiger partial charge in [-0.05, 0) is 105 Å². The number of ether oxygens (including phenoxy) is 1. The lowest BCUT2D eigenvalue weighted by Crippen LogP contribution is -2.44. The monoisotopic (exact) mass is 717 g/mol. The van der Waals surface area contributed by atoms with Crippen LogP contribution in [-0.4, -0.2) is 14.1 Å². The van der Waals surface area contributed by atoms with Crippen molar-refractivity contribution in [1.29, 1.82) is 0 Å². The van der Waals surface area contributed by atoms with Gasteiger partial charge in [0.25, 0.3) is 0 Å². The molecule has 5 nitrogen and oxygen atoms in total. The molecule has 0 amide bonds. The lowest BCUT2D eigenvalue weighted by Gasteiger charge is -2.41. The molecule has 5 heteroatoms. The van der Waals surface area contributed by atoms with E-state index >= 15 is 0 Å². The second-order valence-electron chi connectivity index (χ2n) is 18.6. The zero-order valence-electron chi connectivity index (χ0n) is 36.4. The molecule has 7 aromatic rings. The van der Waals surface area contributed by atoms with Gasteiger partial charge in [0.2, 0.25) is 6.33 Å². The predicted molar refractivity (Wildman–Crippen MR) is 223 cm³/mol. The third-order valence-electron chi connectivity index (χ3n) is 11.5. The summed E-state index contributed by atoms with van der Waals surface area (Å²) >= 11 is 0. The highest BCUT2D eigenvalue weighted by atomic mass is 16.5. The number of fused-ring (bicyclic) bond motifs is 4. The van der Waals surface area contributed by atoms with Gasteiger partial charge in [-0.1, -0.05) is 112 Å². The quantitative estimate of drug-likeness (QED) is 0.131. The number of aryl methyl sites for hydroxylation is 1. The van der Waals surface area contributed by atoms with Crippen molar-refractivity contribution in [2.45, 2.75) is 104 Å². The third kappa shape index (κ3) is 6.22. The molecule has 4 aromatic carbocycles. The summed E-state index contributed by atoms with van der Waals surface area (Å²) in [6, 6.07) is 34.0. The molecule has 0 spiro atoms. The minimum Gasteiger partial charge on any atom is -0.458 e. The fraction of sp³-hybridized carbons (Fsp3) is 0.347. The van der Waals surface area contributed by atoms with E-state index in [1.165, 1.54) is 15.7 Å². The minimum absolute atomic E-state index is 0.0505. The van der Waals surface area contributed by atoms with E-state index in [-0.39, 0.29) is 21.7 Å². The molecule has 0 fully saturated rings. The molecule has 1 aliphatic rings. The van der Waals surface area contributed by atoms with Crippen LogP contribution in [0.1, 0.15) is 109 Å². The van der Waals surface area contributed by atoms with Crippen molar-refractivity contribution in [1.82, 2.24) is 14.1 Å². The van der Waals surface area contributed by atoms with Crippen LogP contribution in [0.4, 0.5) is 0 Å². The van der Waals surface area contributed by atoms with Gasteiger partial charge in [-0.25, -0.2) is 4.98 Å². The summed E-state index contributed by atoms with van der Waals surface area (Å²) in [4.78, 5) is 4.92. The van der Waals surface area contributed by atoms with Crippen molar-refractivity contribution >= 4 is 21.8 Å². The van der Waals surface area contributed by atoms with Crippen molar-refractivity contribution in [2.75, 3.05) is 0 Å². The molecular weight excluding hydrogens is 661 g/mol. The van der Waals surface area contributed by atoms with Crippen molar-refractivity contribution < 1.29 is 13.4 Å². The molecule has 0 N–H and O–H groups in total. The molecule has 0 saturated heterocycles. The molecule has 3 heterocycles. The van der Waals surface area contributed by atoms with Crippen LogP contribution in [-0.2, 0) is 28.6 Å². The van der Waals surface area contributed by atoms with Gasteiger partial charge in [-0.15, -0.1) is 0 Å². The first-order valence-corrected chi connectivity index (χ1v) is 19.2. The molecule has 54 heavy (non-hydrogen) atoms. The average molecular weight is 718 g/mol. The van der Waals surface area contributed by atoms with Crippen LogP contribution in [0.2, 0.25) is 0 Å². The minimum atomic E-state index is -2.38. The summed E-state index contributed by atoms with van der Waals surface area (Å²) in [5, 5.41) is 2.24. The van der Waals surface area contributed by atoms with Gasteiger partial charge in [0.15, 0.2) is 0 Å². The summed E-state index contributed by atoms with van der Waals surface area (Å²) in [5.74, 6) is 2.21. The Kier molecular flexibility index (Phi) is 7.44. The summed E-state index contributed by atoms with van der Waals surface area (Å²) in [5.41, 5.74) is 8.43. The summed E-state index contributed by atoms with van der Waals surface area (Å²) in [6.45, 7) is 19.6. The zero-order chi connectivity index (χ0) is 40.9. The van der Waals surface area contributed by atoms with Crippen LogP contribution >= 0.6 is 0 Å². The molecule has 0 atom stereocenters. The first-order valence-electron chi connectivity index (χ1n) is 20.7. The van der Waals surface area contributed by atoms with E-state index in [9.17, 15) is 0 Å².